The topological polar surface area (TPSA) is 47.6 Å². The molecule has 0 aromatic heterocycles. The monoisotopic (exact) mass is 317 g/mol. The number of carbonyl (C=O) groups is 1. The highest BCUT2D eigenvalue weighted by Crippen LogP contribution is 2.26. The summed E-state index contributed by atoms with van der Waals surface area (Å²) in [6, 6.07) is 7.65. The van der Waals surface area contributed by atoms with E-state index in [4.69, 9.17) is 4.74 Å². The lowest BCUT2D eigenvalue weighted by atomic mass is 9.97. The van der Waals surface area contributed by atoms with Crippen LogP contribution < -0.4 is 10.1 Å². The number of nitrogens with one attached hydrogen (secondary N) is 1. The molecular formula is C15H18F3NO3. The highest BCUT2D eigenvalue weighted by atomic mass is 19.4. The summed E-state index contributed by atoms with van der Waals surface area (Å²) in [7, 11) is 0. The Hall–Kier alpha value is -1.76. The van der Waals surface area contributed by atoms with Gasteiger partial charge < -0.3 is 14.8 Å². The maximum Gasteiger partial charge on any atom is 0.411 e. The Bertz CT molecular complexity index is 519. The van der Waals surface area contributed by atoms with Crippen LogP contribution in [0.5, 0.6) is 5.75 Å². The molecule has 7 heteroatoms. The van der Waals surface area contributed by atoms with Crippen molar-refractivity contribution < 1.29 is 27.4 Å². The van der Waals surface area contributed by atoms with E-state index in [0.717, 1.165) is 17.7 Å². The van der Waals surface area contributed by atoms with Gasteiger partial charge in [-0.3, -0.25) is 4.79 Å². The van der Waals surface area contributed by atoms with Crippen LogP contribution in [0, 0.1) is 5.92 Å². The molecule has 2 rings (SSSR count). The van der Waals surface area contributed by atoms with Crippen molar-refractivity contribution in [1.29, 1.82) is 0 Å². The van der Waals surface area contributed by atoms with E-state index in [9.17, 15) is 18.0 Å². The van der Waals surface area contributed by atoms with Crippen LogP contribution in [-0.2, 0) is 16.0 Å². The van der Waals surface area contributed by atoms with Crippen molar-refractivity contribution in [2.45, 2.75) is 25.6 Å². The van der Waals surface area contributed by atoms with Crippen molar-refractivity contribution in [3.8, 4) is 5.75 Å². The van der Waals surface area contributed by atoms with Crippen LogP contribution in [0.3, 0.4) is 0 Å². The van der Waals surface area contributed by atoms with E-state index in [1.807, 2.05) is 24.3 Å². The summed E-state index contributed by atoms with van der Waals surface area (Å²) in [5.41, 5.74) is 1.06. The summed E-state index contributed by atoms with van der Waals surface area (Å²) in [4.78, 5) is 11.7. The lowest BCUT2D eigenvalue weighted by molar-refractivity contribution is -0.185. The summed E-state index contributed by atoms with van der Waals surface area (Å²) in [5, 5.41) is 2.61. The van der Waals surface area contributed by atoms with Crippen molar-refractivity contribution in [3.63, 3.8) is 0 Å². The Morgan fingerprint density at radius 2 is 2.18 bits per heavy atom. The fourth-order valence-electron chi connectivity index (χ4n) is 2.21. The summed E-state index contributed by atoms with van der Waals surface area (Å²) >= 11 is 0. The van der Waals surface area contributed by atoms with Gasteiger partial charge in [-0.1, -0.05) is 18.2 Å². The van der Waals surface area contributed by atoms with Crippen LogP contribution in [0.1, 0.15) is 12.5 Å². The smallest absolute Gasteiger partial charge is 0.411 e. The van der Waals surface area contributed by atoms with Crippen molar-refractivity contribution in [2.24, 2.45) is 5.92 Å². The first kappa shape index (κ1) is 16.6. The Balaban J connectivity index is 1.75. The van der Waals surface area contributed by atoms with Gasteiger partial charge in [0.05, 0.1) is 6.61 Å². The van der Waals surface area contributed by atoms with Gasteiger partial charge in [0.1, 0.15) is 18.5 Å². The molecule has 0 unspecified atom stereocenters. The molecular weight excluding hydrogens is 299 g/mol. The predicted molar refractivity (Wildman–Crippen MR) is 73.6 cm³/mol. The highest BCUT2D eigenvalue weighted by molar-refractivity contribution is 5.80. The quantitative estimate of drug-likeness (QED) is 0.907. The minimum atomic E-state index is -4.44. The van der Waals surface area contributed by atoms with E-state index in [0.29, 0.717) is 13.2 Å². The second kappa shape index (κ2) is 7.00. The number of rotatable bonds is 5. The first-order valence-corrected chi connectivity index (χ1v) is 7.02. The van der Waals surface area contributed by atoms with Gasteiger partial charge in [-0.15, -0.1) is 0 Å². The number of fused-ring (bicyclic) bond motifs is 1. The standard InChI is InChI=1S/C15H18F3NO3/c1-10(22-9-15(16,17)18)14(20)19-7-11-6-12-4-2-3-5-13(12)21-8-11/h2-5,10-11H,6-9H2,1H3,(H,19,20)/t10-,11+/m1/s1. The number of para-hydroxylation sites is 1. The largest absolute Gasteiger partial charge is 0.493 e. The summed E-state index contributed by atoms with van der Waals surface area (Å²) < 4.78 is 46.2. The third-order valence-corrected chi connectivity index (χ3v) is 3.39. The number of benzene rings is 1. The molecule has 1 aliphatic heterocycles. The van der Waals surface area contributed by atoms with Crippen LogP contribution in [-0.4, -0.2) is 37.9 Å². The van der Waals surface area contributed by atoms with Crippen LogP contribution in [0.15, 0.2) is 24.3 Å². The van der Waals surface area contributed by atoms with E-state index in [1.165, 1.54) is 6.92 Å². The number of ether oxygens (including phenoxy) is 2. The average molecular weight is 317 g/mol. The molecule has 2 atom stereocenters. The third-order valence-electron chi connectivity index (χ3n) is 3.39. The molecule has 0 bridgehead atoms. The highest BCUT2D eigenvalue weighted by Gasteiger charge is 2.30. The van der Waals surface area contributed by atoms with Gasteiger partial charge in [-0.05, 0) is 25.0 Å². The van der Waals surface area contributed by atoms with E-state index < -0.39 is 24.8 Å². The van der Waals surface area contributed by atoms with Crippen molar-refractivity contribution >= 4 is 5.91 Å². The summed E-state index contributed by atoms with van der Waals surface area (Å²) in [6.45, 7) is 0.678. The lowest BCUT2D eigenvalue weighted by Crippen LogP contribution is -2.41. The zero-order valence-corrected chi connectivity index (χ0v) is 12.2. The van der Waals surface area contributed by atoms with Crippen LogP contribution in [0.2, 0.25) is 0 Å². The fraction of sp³-hybridized carbons (Fsp3) is 0.533. The van der Waals surface area contributed by atoms with Crippen LogP contribution in [0.25, 0.3) is 0 Å². The van der Waals surface area contributed by atoms with E-state index in [-0.39, 0.29) is 5.92 Å². The number of hydrogen-bond donors (Lipinski definition) is 1. The van der Waals surface area contributed by atoms with E-state index >= 15 is 0 Å². The Morgan fingerprint density at radius 1 is 1.45 bits per heavy atom. The predicted octanol–water partition coefficient (Wildman–Crippen LogP) is 2.32. The van der Waals surface area contributed by atoms with E-state index in [2.05, 4.69) is 10.1 Å². The average Bonchev–Trinajstić information content (AvgIpc) is 2.49. The van der Waals surface area contributed by atoms with Gasteiger partial charge in [0.2, 0.25) is 5.91 Å². The Labute approximate surface area is 126 Å². The number of carbonyl (C=O) groups excluding carboxylic acids is 1. The van der Waals surface area contributed by atoms with Crippen LogP contribution in [0.4, 0.5) is 13.2 Å². The molecule has 122 valence electrons. The number of alkyl halides is 3. The summed E-state index contributed by atoms with van der Waals surface area (Å²) in [6.07, 6.45) is -4.82. The first-order chi connectivity index (χ1) is 10.3. The molecule has 1 aromatic rings. The molecule has 0 fully saturated rings. The zero-order valence-electron chi connectivity index (χ0n) is 12.2. The van der Waals surface area contributed by atoms with Crippen molar-refractivity contribution in [2.75, 3.05) is 19.8 Å². The van der Waals surface area contributed by atoms with Gasteiger partial charge in [-0.25, -0.2) is 0 Å². The summed E-state index contributed by atoms with van der Waals surface area (Å²) in [5.74, 6) is 0.378. The normalized spacial score (nSPS) is 19.0. The number of hydrogen-bond acceptors (Lipinski definition) is 3. The van der Waals surface area contributed by atoms with Crippen molar-refractivity contribution in [3.05, 3.63) is 29.8 Å². The molecule has 4 nitrogen and oxygen atoms in total. The van der Waals surface area contributed by atoms with Gasteiger partial charge >= 0.3 is 6.18 Å². The minimum Gasteiger partial charge on any atom is -0.493 e. The molecule has 1 N–H and O–H groups in total. The molecule has 0 saturated carbocycles. The maximum atomic E-state index is 12.0. The maximum absolute atomic E-state index is 12.0. The Morgan fingerprint density at radius 3 is 2.91 bits per heavy atom. The second-order valence-electron chi connectivity index (χ2n) is 5.30. The Kier molecular flexibility index (Phi) is 5.28. The van der Waals surface area contributed by atoms with Crippen molar-refractivity contribution in [1.82, 2.24) is 5.32 Å². The van der Waals surface area contributed by atoms with Crippen LogP contribution >= 0.6 is 0 Å². The fourth-order valence-corrected chi connectivity index (χ4v) is 2.21. The van der Waals surface area contributed by atoms with Gasteiger partial charge in [0, 0.05) is 12.5 Å². The van der Waals surface area contributed by atoms with Gasteiger partial charge in [-0.2, -0.15) is 13.2 Å². The van der Waals surface area contributed by atoms with Gasteiger partial charge in [0.15, 0.2) is 0 Å². The molecule has 0 aliphatic carbocycles. The first-order valence-electron chi connectivity index (χ1n) is 7.02. The molecule has 1 aliphatic rings. The number of halogens is 3. The SMILES string of the molecule is C[C@@H](OCC(F)(F)F)C(=O)NC[C@H]1COc2ccccc2C1. The number of amides is 1. The molecule has 0 saturated heterocycles. The second-order valence-corrected chi connectivity index (χ2v) is 5.30. The third kappa shape index (κ3) is 4.91. The molecule has 0 spiro atoms. The lowest BCUT2D eigenvalue weighted by Gasteiger charge is -2.26. The van der Waals surface area contributed by atoms with Gasteiger partial charge in [0.25, 0.3) is 0 Å². The molecule has 1 aromatic carbocycles. The zero-order chi connectivity index (χ0) is 16.2. The molecule has 0 radical (unpaired) electrons. The van der Waals surface area contributed by atoms with E-state index in [1.54, 1.807) is 0 Å². The molecule has 1 amide bonds. The molecule has 22 heavy (non-hydrogen) atoms. The molecule has 1 heterocycles. The minimum absolute atomic E-state index is 0.0914.